The molecule has 0 aliphatic carbocycles. The number of rotatable bonds is 5. The van der Waals surface area contributed by atoms with E-state index in [2.05, 4.69) is 29.9 Å². The number of nitro groups is 1. The summed E-state index contributed by atoms with van der Waals surface area (Å²) in [4.78, 5) is 23.8. The van der Waals surface area contributed by atoms with Crippen molar-refractivity contribution in [2.45, 2.75) is 34.5 Å². The van der Waals surface area contributed by atoms with Gasteiger partial charge in [-0.2, -0.15) is 0 Å². The second kappa shape index (κ2) is 7.47. The van der Waals surface area contributed by atoms with Crippen LogP contribution in [0.2, 0.25) is 0 Å². The van der Waals surface area contributed by atoms with Gasteiger partial charge in [0.15, 0.2) is 17.4 Å². The lowest BCUT2D eigenvalue weighted by atomic mass is 10.1. The zero-order chi connectivity index (χ0) is 21.7. The number of nitro benzene ring substituents is 1. The lowest BCUT2D eigenvalue weighted by Gasteiger charge is -2.16. The highest BCUT2D eigenvalue weighted by Gasteiger charge is 2.44. The lowest BCUT2D eigenvalue weighted by Crippen LogP contribution is -2.33. The first-order valence-electron chi connectivity index (χ1n) is 8.87. The molecule has 4 aromatic rings. The Labute approximate surface area is 175 Å². The molecule has 14 nitrogen and oxygen atoms in total. The van der Waals surface area contributed by atoms with Gasteiger partial charge in [0.05, 0.1) is 17.9 Å². The van der Waals surface area contributed by atoms with Gasteiger partial charge in [-0.3, -0.25) is 14.7 Å². The van der Waals surface area contributed by atoms with E-state index in [1.807, 2.05) is 0 Å². The summed E-state index contributed by atoms with van der Waals surface area (Å²) in [5.41, 5.74) is 0.672. The molecule has 5 rings (SSSR count). The van der Waals surface area contributed by atoms with Gasteiger partial charge in [-0.25, -0.2) is 19.6 Å². The average molecular weight is 447 g/mol. The number of non-ortho nitro benzene ring substituents is 1. The van der Waals surface area contributed by atoms with E-state index in [1.165, 1.54) is 29.4 Å². The number of nitrogens with zero attached hydrogens (tertiary/aromatic N) is 7. The van der Waals surface area contributed by atoms with Crippen LogP contribution in [0.4, 0.5) is 5.69 Å². The van der Waals surface area contributed by atoms with E-state index < -0.39 is 36.1 Å². The van der Waals surface area contributed by atoms with E-state index >= 15 is 0 Å². The molecule has 0 unspecified atom stereocenters. The van der Waals surface area contributed by atoms with Gasteiger partial charge in [-0.15, -0.1) is 0 Å². The number of aromatic nitrogens is 6. The van der Waals surface area contributed by atoms with Crippen LogP contribution in [0.5, 0.6) is 0 Å². The van der Waals surface area contributed by atoms with Gasteiger partial charge in [0.2, 0.25) is 5.52 Å². The van der Waals surface area contributed by atoms with Crippen LogP contribution in [0, 0.1) is 10.1 Å². The van der Waals surface area contributed by atoms with Gasteiger partial charge in [0.25, 0.3) is 0 Å². The van der Waals surface area contributed by atoms with Crippen LogP contribution in [-0.4, -0.2) is 75.0 Å². The zero-order valence-corrected chi connectivity index (χ0v) is 16.2. The summed E-state index contributed by atoms with van der Waals surface area (Å²) in [7, 11) is 0. The largest absolute Gasteiger partial charge is 0.394 e. The Morgan fingerprint density at radius 1 is 1.13 bits per heavy atom. The molecule has 0 amide bonds. The second-order valence-electron chi connectivity index (χ2n) is 6.64. The van der Waals surface area contributed by atoms with Gasteiger partial charge in [0.1, 0.15) is 35.2 Å². The van der Waals surface area contributed by atoms with Crippen LogP contribution in [-0.2, 0) is 4.74 Å². The maximum absolute atomic E-state index is 11.2. The monoisotopic (exact) mass is 447 g/mol. The first-order valence-corrected chi connectivity index (χ1v) is 9.68. The van der Waals surface area contributed by atoms with E-state index in [0.717, 1.165) is 11.8 Å². The minimum absolute atomic E-state index is 0.0114. The summed E-state index contributed by atoms with van der Waals surface area (Å²) in [6, 6.07) is 2.80. The Hall–Kier alpha value is -3.24. The fourth-order valence-corrected chi connectivity index (χ4v) is 4.28. The Morgan fingerprint density at radius 3 is 2.68 bits per heavy atom. The number of aliphatic hydroxyl groups excluding tert-OH is 3. The van der Waals surface area contributed by atoms with Crippen LogP contribution in [0.25, 0.3) is 22.2 Å². The van der Waals surface area contributed by atoms with Crippen LogP contribution in [0.1, 0.15) is 6.23 Å². The van der Waals surface area contributed by atoms with Crippen molar-refractivity contribution in [2.24, 2.45) is 0 Å². The predicted octanol–water partition coefficient (Wildman–Crippen LogP) is 0.0334. The molecule has 1 aliphatic heterocycles. The minimum Gasteiger partial charge on any atom is -0.394 e. The van der Waals surface area contributed by atoms with Crippen LogP contribution >= 0.6 is 11.8 Å². The Kier molecular flexibility index (Phi) is 4.75. The van der Waals surface area contributed by atoms with Crippen LogP contribution in [0.3, 0.4) is 0 Å². The Bertz CT molecular complexity index is 1290. The Balaban J connectivity index is 1.53. The Morgan fingerprint density at radius 2 is 1.94 bits per heavy atom. The maximum Gasteiger partial charge on any atom is 0.300 e. The summed E-state index contributed by atoms with van der Waals surface area (Å²) in [5.74, 6) is 0. The van der Waals surface area contributed by atoms with E-state index in [1.54, 1.807) is 0 Å². The van der Waals surface area contributed by atoms with Crippen molar-refractivity contribution in [3.05, 3.63) is 34.9 Å². The number of aliphatic hydroxyl groups is 3. The molecule has 31 heavy (non-hydrogen) atoms. The minimum atomic E-state index is -1.30. The van der Waals surface area contributed by atoms with Gasteiger partial charge in [-0.05, 0) is 16.4 Å². The number of hydrogen-bond acceptors (Lipinski definition) is 13. The first kappa shape index (κ1) is 19.7. The smallest absolute Gasteiger partial charge is 0.300 e. The third-order valence-corrected chi connectivity index (χ3v) is 5.92. The maximum atomic E-state index is 11.2. The lowest BCUT2D eigenvalue weighted by molar-refractivity contribution is -0.383. The van der Waals surface area contributed by atoms with Gasteiger partial charge < -0.3 is 20.1 Å². The molecule has 1 aliphatic rings. The molecule has 1 aromatic carbocycles. The van der Waals surface area contributed by atoms with Crippen molar-refractivity contribution in [1.29, 1.82) is 0 Å². The SMILES string of the molecule is O=[N+]([O-])c1ccc(Sc2ncnc3c2ncn3[C@@H]2O[C@@H](CO)[C@@H](O)[C@@H]2O)c2nonc12. The molecule has 0 bridgehead atoms. The molecule has 0 radical (unpaired) electrons. The number of fused-ring (bicyclic) bond motifs is 2. The fraction of sp³-hybridized carbons (Fsp3) is 0.312. The quantitative estimate of drug-likeness (QED) is 0.211. The zero-order valence-electron chi connectivity index (χ0n) is 15.3. The summed E-state index contributed by atoms with van der Waals surface area (Å²) in [5, 5.41) is 48.6. The van der Waals surface area contributed by atoms with Crippen molar-refractivity contribution in [1.82, 2.24) is 29.8 Å². The van der Waals surface area contributed by atoms with Crippen molar-refractivity contribution in [2.75, 3.05) is 6.61 Å². The van der Waals surface area contributed by atoms with Gasteiger partial charge >= 0.3 is 5.69 Å². The highest BCUT2D eigenvalue weighted by Crippen LogP contribution is 2.38. The number of benzene rings is 1. The molecule has 160 valence electrons. The molecule has 4 atom stereocenters. The summed E-state index contributed by atoms with van der Waals surface area (Å²) in [6.45, 7) is -0.459. The summed E-state index contributed by atoms with van der Waals surface area (Å²) in [6.07, 6.45) is -1.84. The van der Waals surface area contributed by atoms with Crippen molar-refractivity contribution in [3.63, 3.8) is 0 Å². The number of hydrogen-bond donors (Lipinski definition) is 3. The predicted molar refractivity (Wildman–Crippen MR) is 101 cm³/mol. The van der Waals surface area contributed by atoms with Crippen molar-refractivity contribution in [3.8, 4) is 0 Å². The highest BCUT2D eigenvalue weighted by molar-refractivity contribution is 7.99. The van der Waals surface area contributed by atoms with Crippen LogP contribution < -0.4 is 0 Å². The molecule has 4 heterocycles. The summed E-state index contributed by atoms with van der Waals surface area (Å²) >= 11 is 1.13. The molecule has 15 heteroatoms. The molecular formula is C16H13N7O7S. The second-order valence-corrected chi connectivity index (χ2v) is 7.67. The van der Waals surface area contributed by atoms with E-state index in [-0.39, 0.29) is 16.7 Å². The van der Waals surface area contributed by atoms with E-state index in [0.29, 0.717) is 21.1 Å². The molecule has 1 fully saturated rings. The van der Waals surface area contributed by atoms with E-state index in [4.69, 9.17) is 4.74 Å². The standard InChI is InChI=1S/C16H13N7O7S/c24-3-7-12(25)13(26)16(29-7)22-5-19-11-14(22)17-4-18-15(11)31-8-2-1-6(23(27)28)9-10(8)21-30-20-9/h1-2,4-5,7,12-13,16,24-26H,3H2/t7-,12+,13-,16+/m0/s1. The highest BCUT2D eigenvalue weighted by atomic mass is 32.2. The normalized spacial score (nSPS) is 23.7. The summed E-state index contributed by atoms with van der Waals surface area (Å²) < 4.78 is 11.7. The molecule has 3 aromatic heterocycles. The number of ether oxygens (including phenoxy) is 1. The number of imidazole rings is 1. The molecule has 0 saturated carbocycles. The van der Waals surface area contributed by atoms with Crippen LogP contribution in [0.15, 0.2) is 39.3 Å². The van der Waals surface area contributed by atoms with E-state index in [9.17, 15) is 25.4 Å². The molecule has 1 saturated heterocycles. The topological polar surface area (TPSA) is 196 Å². The third-order valence-electron chi connectivity index (χ3n) is 4.88. The van der Waals surface area contributed by atoms with Crippen molar-refractivity contribution >= 4 is 39.6 Å². The third kappa shape index (κ3) is 3.10. The van der Waals surface area contributed by atoms with Gasteiger partial charge in [0, 0.05) is 11.0 Å². The fourth-order valence-electron chi connectivity index (χ4n) is 3.37. The molecule has 3 N–H and O–H groups in total. The first-order chi connectivity index (χ1) is 15.0. The average Bonchev–Trinajstić information content (AvgIpc) is 3.47. The molecule has 0 spiro atoms. The van der Waals surface area contributed by atoms with Crippen molar-refractivity contribution < 1.29 is 29.6 Å². The van der Waals surface area contributed by atoms with Gasteiger partial charge in [-0.1, -0.05) is 11.8 Å². The molecular weight excluding hydrogens is 434 g/mol.